The highest BCUT2D eigenvalue weighted by molar-refractivity contribution is 8.01. The molecule has 0 aliphatic heterocycles. The molecule has 2 heterocycles. The molecule has 2 rings (SSSR count). The number of nitro groups is 1. The Morgan fingerprint density at radius 3 is 2.83 bits per heavy atom. The molecular formula is C12H12N4O6S2. The number of thiazole rings is 1. The van der Waals surface area contributed by atoms with Crippen LogP contribution in [0.15, 0.2) is 20.8 Å². The summed E-state index contributed by atoms with van der Waals surface area (Å²) in [4.78, 5) is 36.2. The van der Waals surface area contributed by atoms with Gasteiger partial charge < -0.3 is 20.6 Å². The van der Waals surface area contributed by atoms with Crippen molar-refractivity contribution in [2.24, 2.45) is 0 Å². The Labute approximate surface area is 143 Å². The minimum Gasteiger partial charge on any atom is -0.480 e. The van der Waals surface area contributed by atoms with Crippen LogP contribution >= 0.6 is 23.1 Å². The lowest BCUT2D eigenvalue weighted by molar-refractivity contribution is -0.401. The molecule has 2 aromatic heterocycles. The number of carboxylic acid groups (broad SMARTS) is 1. The highest BCUT2D eigenvalue weighted by atomic mass is 32.2. The second kappa shape index (κ2) is 7.31. The Balaban J connectivity index is 2.20. The van der Waals surface area contributed by atoms with Crippen LogP contribution in [0.4, 0.5) is 11.0 Å². The van der Waals surface area contributed by atoms with E-state index in [1.165, 1.54) is 19.1 Å². The maximum Gasteiger partial charge on any atom is 0.433 e. The van der Waals surface area contributed by atoms with Crippen LogP contribution in [0.25, 0.3) is 11.5 Å². The van der Waals surface area contributed by atoms with Gasteiger partial charge in [0, 0.05) is 12.7 Å². The van der Waals surface area contributed by atoms with Gasteiger partial charge in [-0.05, 0) is 6.07 Å². The van der Waals surface area contributed by atoms with E-state index in [0.29, 0.717) is 9.90 Å². The van der Waals surface area contributed by atoms with Gasteiger partial charge in [-0.2, -0.15) is 0 Å². The fraction of sp³-hybridized carbons (Fsp3) is 0.250. The molecule has 0 fully saturated rings. The summed E-state index contributed by atoms with van der Waals surface area (Å²) in [5, 5.41) is 22.3. The Morgan fingerprint density at radius 1 is 1.58 bits per heavy atom. The Bertz CT molecular complexity index is 786. The van der Waals surface area contributed by atoms with Crippen molar-refractivity contribution in [1.29, 1.82) is 0 Å². The fourth-order valence-corrected chi connectivity index (χ4v) is 3.80. The van der Waals surface area contributed by atoms with Crippen molar-refractivity contribution in [1.82, 2.24) is 10.3 Å². The number of nitrogens with two attached hydrogens (primary N) is 1. The Kier molecular flexibility index (Phi) is 5.41. The predicted octanol–water partition coefficient (Wildman–Crippen LogP) is 1.57. The third-order valence-electron chi connectivity index (χ3n) is 2.67. The molecule has 1 atom stereocenters. The van der Waals surface area contributed by atoms with Crippen LogP contribution in [-0.2, 0) is 9.59 Å². The topological polar surface area (TPSA) is 162 Å². The number of thioether (sulfide) groups is 1. The van der Waals surface area contributed by atoms with Crippen molar-refractivity contribution in [2.45, 2.75) is 17.2 Å². The molecule has 0 aromatic carbocycles. The number of hydrogen-bond donors (Lipinski definition) is 3. The van der Waals surface area contributed by atoms with E-state index in [0.717, 1.165) is 23.1 Å². The first-order valence-electron chi connectivity index (χ1n) is 6.41. The van der Waals surface area contributed by atoms with E-state index in [2.05, 4.69) is 10.3 Å². The number of nitrogens with one attached hydrogen (secondary N) is 1. The molecule has 0 bridgehead atoms. The monoisotopic (exact) mass is 372 g/mol. The molecule has 0 aliphatic rings. The number of hydrogen-bond acceptors (Lipinski definition) is 9. The Hall–Kier alpha value is -2.60. The molecule has 0 spiro atoms. The number of rotatable bonds is 7. The standard InChI is InChI=1S/C12H12N4O6S2/c1-5(17)14-6(10(18)19)4-23-11-9(15-12(13)24-11)7-2-3-8(22-7)16(20)21/h2-3,6H,4H2,1H3,(H2,13,15)(H,14,17)(H,18,19). The summed E-state index contributed by atoms with van der Waals surface area (Å²) in [5.41, 5.74) is 5.96. The van der Waals surface area contributed by atoms with Gasteiger partial charge in [-0.3, -0.25) is 14.9 Å². The third-order valence-corrected chi connectivity index (χ3v) is 4.91. The fourth-order valence-electron chi connectivity index (χ4n) is 1.71. The van der Waals surface area contributed by atoms with Crippen LogP contribution in [0.2, 0.25) is 0 Å². The maximum absolute atomic E-state index is 11.1. The van der Waals surface area contributed by atoms with Gasteiger partial charge in [-0.25, -0.2) is 9.78 Å². The minimum absolute atomic E-state index is 0.0341. The number of nitrogens with zero attached hydrogens (tertiary/aromatic N) is 2. The first kappa shape index (κ1) is 17.7. The van der Waals surface area contributed by atoms with Crippen molar-refractivity contribution in [3.8, 4) is 11.5 Å². The summed E-state index contributed by atoms with van der Waals surface area (Å²) >= 11 is 2.20. The second-order valence-electron chi connectivity index (χ2n) is 4.49. The summed E-state index contributed by atoms with van der Waals surface area (Å²) in [6.07, 6.45) is 0. The largest absolute Gasteiger partial charge is 0.480 e. The van der Waals surface area contributed by atoms with E-state index in [9.17, 15) is 19.7 Å². The molecule has 0 saturated heterocycles. The number of carboxylic acids is 1. The summed E-state index contributed by atoms with van der Waals surface area (Å²) in [7, 11) is 0. The lowest BCUT2D eigenvalue weighted by Gasteiger charge is -2.12. The quantitative estimate of drug-likeness (QED) is 0.372. The third kappa shape index (κ3) is 4.23. The molecule has 1 amide bonds. The molecule has 4 N–H and O–H groups in total. The summed E-state index contributed by atoms with van der Waals surface area (Å²) in [6, 6.07) is 1.49. The highest BCUT2D eigenvalue weighted by Gasteiger charge is 2.23. The van der Waals surface area contributed by atoms with E-state index in [-0.39, 0.29) is 16.6 Å². The van der Waals surface area contributed by atoms with Crippen LogP contribution in [0.3, 0.4) is 0 Å². The molecule has 24 heavy (non-hydrogen) atoms. The molecule has 12 heteroatoms. The average Bonchev–Trinajstić information content (AvgIpc) is 3.09. The van der Waals surface area contributed by atoms with Gasteiger partial charge in [-0.1, -0.05) is 11.3 Å². The summed E-state index contributed by atoms with van der Waals surface area (Å²) < 4.78 is 5.63. The van der Waals surface area contributed by atoms with Crippen molar-refractivity contribution in [3.63, 3.8) is 0 Å². The molecule has 2 aromatic rings. The number of furan rings is 1. The molecule has 0 radical (unpaired) electrons. The predicted molar refractivity (Wildman–Crippen MR) is 86.8 cm³/mol. The van der Waals surface area contributed by atoms with E-state index < -0.39 is 28.7 Å². The lowest BCUT2D eigenvalue weighted by Crippen LogP contribution is -2.41. The van der Waals surface area contributed by atoms with E-state index in [1.54, 1.807) is 0 Å². The number of aromatic nitrogens is 1. The van der Waals surface area contributed by atoms with Crippen molar-refractivity contribution in [2.75, 3.05) is 11.5 Å². The zero-order valence-electron chi connectivity index (χ0n) is 12.2. The first-order chi connectivity index (χ1) is 11.3. The van der Waals surface area contributed by atoms with E-state index in [4.69, 9.17) is 15.3 Å². The van der Waals surface area contributed by atoms with Crippen molar-refractivity contribution >= 4 is 46.0 Å². The Morgan fingerprint density at radius 2 is 2.29 bits per heavy atom. The van der Waals surface area contributed by atoms with Crippen LogP contribution in [0.5, 0.6) is 0 Å². The zero-order valence-corrected chi connectivity index (χ0v) is 13.8. The van der Waals surface area contributed by atoms with E-state index in [1.807, 2.05) is 0 Å². The number of amides is 1. The second-order valence-corrected chi connectivity index (χ2v) is 6.80. The number of anilines is 1. The number of carbonyl (C=O) groups excluding carboxylic acids is 1. The summed E-state index contributed by atoms with van der Waals surface area (Å²) in [6.45, 7) is 1.22. The molecule has 10 nitrogen and oxygen atoms in total. The smallest absolute Gasteiger partial charge is 0.433 e. The molecule has 1 unspecified atom stereocenters. The summed E-state index contributed by atoms with van der Waals surface area (Å²) in [5.74, 6) is -1.89. The van der Waals surface area contributed by atoms with Gasteiger partial charge in [0.05, 0.1) is 10.3 Å². The SMILES string of the molecule is CC(=O)NC(CSc1sc(N)nc1-c1ccc([N+](=O)[O-])o1)C(=O)O. The minimum atomic E-state index is -1.18. The number of aliphatic carboxylic acids is 1. The maximum atomic E-state index is 11.1. The van der Waals surface area contributed by atoms with Gasteiger partial charge >= 0.3 is 11.9 Å². The molecule has 0 saturated carbocycles. The lowest BCUT2D eigenvalue weighted by atomic mass is 10.3. The van der Waals surface area contributed by atoms with Gasteiger partial charge in [0.25, 0.3) is 0 Å². The highest BCUT2D eigenvalue weighted by Crippen LogP contribution is 2.39. The van der Waals surface area contributed by atoms with Gasteiger partial charge in [-0.15, -0.1) is 11.8 Å². The van der Waals surface area contributed by atoms with Gasteiger partial charge in [0.2, 0.25) is 5.91 Å². The van der Waals surface area contributed by atoms with Crippen molar-refractivity contribution in [3.05, 3.63) is 22.2 Å². The van der Waals surface area contributed by atoms with Crippen molar-refractivity contribution < 1.29 is 24.0 Å². The molecular weight excluding hydrogens is 360 g/mol. The number of carbonyl (C=O) groups is 2. The number of nitrogen functional groups attached to an aromatic ring is 1. The van der Waals surface area contributed by atoms with E-state index >= 15 is 0 Å². The first-order valence-corrected chi connectivity index (χ1v) is 8.21. The molecule has 0 aliphatic carbocycles. The van der Waals surface area contributed by atoms with Crippen LogP contribution in [0, 0.1) is 10.1 Å². The van der Waals surface area contributed by atoms with Gasteiger partial charge in [0.15, 0.2) is 10.9 Å². The molecule has 128 valence electrons. The van der Waals surface area contributed by atoms with Crippen LogP contribution in [-0.4, -0.2) is 38.7 Å². The van der Waals surface area contributed by atoms with Crippen LogP contribution in [0.1, 0.15) is 6.92 Å². The zero-order chi connectivity index (χ0) is 17.9. The van der Waals surface area contributed by atoms with Gasteiger partial charge in [0.1, 0.15) is 16.7 Å². The average molecular weight is 372 g/mol. The van der Waals surface area contributed by atoms with Crippen LogP contribution < -0.4 is 11.1 Å². The normalized spacial score (nSPS) is 11.9.